The standard InChI is InChI=1S/C29H28Cl3N3/c1-19-15-23(27(32)18-28(19)34-13-11-33-12-14-34)16-22-17-29(21-3-5-24(30)6-4-21)35(20(22)2)26-9-7-25(31)8-10-26/h3-10,15,17-18,33H,11-14,16H2,1-2H3. The fourth-order valence-electron chi connectivity index (χ4n) is 4.91. The molecular formula is C29H28Cl3N3. The van der Waals surface area contributed by atoms with E-state index in [4.69, 9.17) is 34.8 Å². The van der Waals surface area contributed by atoms with Crippen molar-refractivity contribution in [2.24, 2.45) is 0 Å². The number of hydrogen-bond donors (Lipinski definition) is 1. The number of nitrogens with one attached hydrogen (secondary N) is 1. The molecule has 2 heterocycles. The molecule has 5 rings (SSSR count). The molecule has 1 aliphatic heterocycles. The summed E-state index contributed by atoms with van der Waals surface area (Å²) < 4.78 is 2.28. The first-order valence-electron chi connectivity index (χ1n) is 11.9. The van der Waals surface area contributed by atoms with Crippen molar-refractivity contribution in [3.63, 3.8) is 0 Å². The molecule has 180 valence electrons. The highest BCUT2D eigenvalue weighted by atomic mass is 35.5. The van der Waals surface area contributed by atoms with Gasteiger partial charge in [-0.1, -0.05) is 53.0 Å². The van der Waals surface area contributed by atoms with E-state index in [-0.39, 0.29) is 0 Å². The molecule has 0 unspecified atom stereocenters. The predicted molar refractivity (Wildman–Crippen MR) is 150 cm³/mol. The lowest BCUT2D eigenvalue weighted by atomic mass is 10.0. The monoisotopic (exact) mass is 523 g/mol. The minimum Gasteiger partial charge on any atom is -0.369 e. The van der Waals surface area contributed by atoms with Gasteiger partial charge in [0.2, 0.25) is 0 Å². The van der Waals surface area contributed by atoms with Crippen LogP contribution < -0.4 is 10.2 Å². The van der Waals surface area contributed by atoms with E-state index in [9.17, 15) is 0 Å². The Labute approximate surface area is 222 Å². The van der Waals surface area contributed by atoms with Crippen LogP contribution in [0.1, 0.15) is 22.4 Å². The lowest BCUT2D eigenvalue weighted by Gasteiger charge is -2.31. The second-order valence-corrected chi connectivity index (χ2v) is 10.4. The molecule has 0 aliphatic carbocycles. The third-order valence-corrected chi connectivity index (χ3v) is 7.64. The molecule has 35 heavy (non-hydrogen) atoms. The number of nitrogens with zero attached hydrogens (tertiary/aromatic N) is 2. The maximum absolute atomic E-state index is 6.86. The van der Waals surface area contributed by atoms with E-state index in [1.54, 1.807) is 0 Å². The summed E-state index contributed by atoms with van der Waals surface area (Å²) in [6.45, 7) is 8.36. The van der Waals surface area contributed by atoms with Gasteiger partial charge in [0.25, 0.3) is 0 Å². The van der Waals surface area contributed by atoms with Crippen LogP contribution in [0.3, 0.4) is 0 Å². The molecule has 6 heteroatoms. The zero-order valence-corrected chi connectivity index (χ0v) is 22.2. The Morgan fingerprint density at radius 1 is 0.771 bits per heavy atom. The first-order chi connectivity index (χ1) is 16.9. The zero-order valence-electron chi connectivity index (χ0n) is 19.9. The molecule has 0 saturated carbocycles. The predicted octanol–water partition coefficient (Wildman–Crippen LogP) is 7.72. The number of hydrogen-bond acceptors (Lipinski definition) is 2. The van der Waals surface area contributed by atoms with E-state index in [1.807, 2.05) is 24.3 Å². The highest BCUT2D eigenvalue weighted by molar-refractivity contribution is 6.32. The van der Waals surface area contributed by atoms with Crippen LogP contribution in [0.25, 0.3) is 16.9 Å². The van der Waals surface area contributed by atoms with Gasteiger partial charge >= 0.3 is 0 Å². The third-order valence-electron chi connectivity index (χ3n) is 6.78. The van der Waals surface area contributed by atoms with Gasteiger partial charge in [-0.05, 0) is 84.6 Å². The number of benzene rings is 3. The quantitative estimate of drug-likeness (QED) is 0.288. The summed E-state index contributed by atoms with van der Waals surface area (Å²) in [6, 6.07) is 22.6. The minimum atomic E-state index is 0.721. The Hall–Kier alpha value is -2.43. The van der Waals surface area contributed by atoms with Crippen LogP contribution in [0.2, 0.25) is 15.1 Å². The van der Waals surface area contributed by atoms with Gasteiger partial charge in [0, 0.05) is 64.7 Å². The molecule has 1 saturated heterocycles. The van der Waals surface area contributed by atoms with E-state index in [1.165, 1.54) is 22.5 Å². The van der Waals surface area contributed by atoms with Crippen LogP contribution in [0.4, 0.5) is 5.69 Å². The maximum atomic E-state index is 6.86. The zero-order chi connectivity index (χ0) is 24.5. The number of aromatic nitrogens is 1. The summed E-state index contributed by atoms with van der Waals surface area (Å²) in [5.41, 5.74) is 9.34. The van der Waals surface area contributed by atoms with Gasteiger partial charge in [0.05, 0.1) is 5.69 Å². The fraction of sp³-hybridized carbons (Fsp3) is 0.241. The Balaban J connectivity index is 1.55. The van der Waals surface area contributed by atoms with E-state index < -0.39 is 0 Å². The molecule has 0 amide bonds. The summed E-state index contributed by atoms with van der Waals surface area (Å²) in [7, 11) is 0. The molecule has 4 aromatic rings. The average Bonchev–Trinajstić information content (AvgIpc) is 3.18. The number of aryl methyl sites for hydroxylation is 1. The van der Waals surface area contributed by atoms with E-state index in [0.29, 0.717) is 0 Å². The summed E-state index contributed by atoms with van der Waals surface area (Å²) in [5, 5.41) is 5.68. The summed E-state index contributed by atoms with van der Waals surface area (Å²) >= 11 is 19.2. The van der Waals surface area contributed by atoms with E-state index in [0.717, 1.165) is 70.2 Å². The van der Waals surface area contributed by atoms with Crippen molar-refractivity contribution in [2.45, 2.75) is 20.3 Å². The Bertz CT molecular complexity index is 1340. The lowest BCUT2D eigenvalue weighted by molar-refractivity contribution is 0.588. The van der Waals surface area contributed by atoms with Crippen LogP contribution in [-0.4, -0.2) is 30.7 Å². The van der Waals surface area contributed by atoms with Gasteiger partial charge in [0.15, 0.2) is 0 Å². The fourth-order valence-corrected chi connectivity index (χ4v) is 5.39. The first kappa shape index (κ1) is 24.3. The molecule has 3 nitrogen and oxygen atoms in total. The molecule has 3 aromatic carbocycles. The van der Waals surface area contributed by atoms with Crippen LogP contribution in [-0.2, 0) is 6.42 Å². The van der Waals surface area contributed by atoms with Crippen molar-refractivity contribution in [3.8, 4) is 16.9 Å². The summed E-state index contributed by atoms with van der Waals surface area (Å²) in [5.74, 6) is 0. The maximum Gasteiger partial charge on any atom is 0.0534 e. The van der Waals surface area contributed by atoms with Crippen molar-refractivity contribution in [2.75, 3.05) is 31.1 Å². The normalized spacial score (nSPS) is 13.9. The Morgan fingerprint density at radius 3 is 2.06 bits per heavy atom. The Kier molecular flexibility index (Phi) is 7.13. The van der Waals surface area contributed by atoms with Crippen molar-refractivity contribution in [1.82, 2.24) is 9.88 Å². The molecule has 0 bridgehead atoms. The van der Waals surface area contributed by atoms with Gasteiger partial charge in [-0.2, -0.15) is 0 Å². The van der Waals surface area contributed by atoms with Crippen LogP contribution in [0.5, 0.6) is 0 Å². The first-order valence-corrected chi connectivity index (χ1v) is 13.0. The molecule has 0 atom stereocenters. The minimum absolute atomic E-state index is 0.721. The lowest BCUT2D eigenvalue weighted by Crippen LogP contribution is -2.43. The van der Waals surface area contributed by atoms with Crippen molar-refractivity contribution >= 4 is 40.5 Å². The van der Waals surface area contributed by atoms with Crippen LogP contribution >= 0.6 is 34.8 Å². The highest BCUT2D eigenvalue weighted by Crippen LogP contribution is 2.34. The second kappa shape index (κ2) is 10.3. The van der Waals surface area contributed by atoms with Crippen molar-refractivity contribution < 1.29 is 0 Å². The van der Waals surface area contributed by atoms with Crippen molar-refractivity contribution in [3.05, 3.63) is 104 Å². The number of piperazine rings is 1. The van der Waals surface area contributed by atoms with Gasteiger partial charge in [-0.15, -0.1) is 0 Å². The largest absolute Gasteiger partial charge is 0.369 e. The van der Waals surface area contributed by atoms with Gasteiger partial charge < -0.3 is 14.8 Å². The summed E-state index contributed by atoms with van der Waals surface area (Å²) in [4.78, 5) is 2.42. The van der Waals surface area contributed by atoms with E-state index >= 15 is 0 Å². The van der Waals surface area contributed by atoms with E-state index in [2.05, 4.69) is 71.1 Å². The third kappa shape index (κ3) is 5.10. The number of anilines is 1. The average molecular weight is 525 g/mol. The molecule has 1 fully saturated rings. The molecule has 0 spiro atoms. The smallest absolute Gasteiger partial charge is 0.0534 e. The van der Waals surface area contributed by atoms with Crippen LogP contribution in [0.15, 0.2) is 66.7 Å². The summed E-state index contributed by atoms with van der Waals surface area (Å²) in [6.07, 6.45) is 0.758. The number of rotatable bonds is 5. The SMILES string of the molecule is Cc1cc(Cc2cc(-c3ccc(Cl)cc3)n(-c3ccc(Cl)cc3)c2C)c(Cl)cc1N1CCNCC1. The van der Waals surface area contributed by atoms with Gasteiger partial charge in [0.1, 0.15) is 0 Å². The molecule has 1 aliphatic rings. The molecular weight excluding hydrogens is 497 g/mol. The number of halogens is 3. The highest BCUT2D eigenvalue weighted by Gasteiger charge is 2.19. The topological polar surface area (TPSA) is 20.2 Å². The second-order valence-electron chi connectivity index (χ2n) is 9.10. The molecule has 1 aromatic heterocycles. The van der Waals surface area contributed by atoms with Crippen LogP contribution in [0, 0.1) is 13.8 Å². The van der Waals surface area contributed by atoms with Gasteiger partial charge in [-0.3, -0.25) is 0 Å². The Morgan fingerprint density at radius 2 is 1.40 bits per heavy atom. The molecule has 0 radical (unpaired) electrons. The van der Waals surface area contributed by atoms with Gasteiger partial charge in [-0.25, -0.2) is 0 Å². The molecule has 1 N–H and O–H groups in total. The van der Waals surface area contributed by atoms with Crippen molar-refractivity contribution in [1.29, 1.82) is 0 Å².